The van der Waals surface area contributed by atoms with Gasteiger partial charge in [-0.2, -0.15) is 0 Å². The first-order chi connectivity index (χ1) is 11.1. The van der Waals surface area contributed by atoms with E-state index in [4.69, 9.17) is 0 Å². The normalized spacial score (nSPS) is 10.0. The van der Waals surface area contributed by atoms with E-state index in [1.54, 1.807) is 30.3 Å². The topological polar surface area (TPSA) is 96.0 Å². The highest BCUT2D eigenvalue weighted by molar-refractivity contribution is 6.03. The lowest BCUT2D eigenvalue weighted by molar-refractivity contribution is -0.114. The fraction of sp³-hybridized carbons (Fsp3) is 0.250. The monoisotopic (exact) mass is 313 g/mol. The molecule has 1 aromatic heterocycles. The molecule has 2 aromatic rings. The molecule has 0 fully saturated rings. The molecule has 0 aliphatic rings. The van der Waals surface area contributed by atoms with Gasteiger partial charge in [-0.15, -0.1) is 0 Å². The van der Waals surface area contributed by atoms with Crippen LogP contribution in [0.1, 0.15) is 30.8 Å². The lowest BCUT2D eigenvalue weighted by Crippen LogP contribution is -2.15. The van der Waals surface area contributed by atoms with E-state index in [0.29, 0.717) is 17.2 Å². The Labute approximate surface area is 134 Å². The Morgan fingerprint density at radius 2 is 1.83 bits per heavy atom. The average molecular weight is 313 g/mol. The Bertz CT molecular complexity index is 702. The van der Waals surface area contributed by atoms with Crippen molar-refractivity contribution in [1.82, 2.24) is 9.97 Å². The van der Waals surface area contributed by atoms with Gasteiger partial charge in [-0.1, -0.05) is 13.0 Å². The number of carbonyl (C=O) groups excluding carboxylic acids is 2. The summed E-state index contributed by atoms with van der Waals surface area (Å²) >= 11 is 0. The highest BCUT2D eigenvalue weighted by Crippen LogP contribution is 2.16. The van der Waals surface area contributed by atoms with Gasteiger partial charge in [-0.25, -0.2) is 9.97 Å². The van der Waals surface area contributed by atoms with Crippen molar-refractivity contribution < 1.29 is 9.59 Å². The van der Waals surface area contributed by atoms with Crippen molar-refractivity contribution in [3.63, 3.8) is 0 Å². The minimum atomic E-state index is -0.341. The Balaban J connectivity index is 2.08. The zero-order valence-corrected chi connectivity index (χ0v) is 13.1. The molecule has 23 heavy (non-hydrogen) atoms. The molecule has 3 N–H and O–H groups in total. The van der Waals surface area contributed by atoms with Crippen LogP contribution in [0, 0.1) is 0 Å². The van der Waals surface area contributed by atoms with E-state index in [1.165, 1.54) is 13.3 Å². The molecule has 7 nitrogen and oxygen atoms in total. The maximum absolute atomic E-state index is 12.3. The third kappa shape index (κ3) is 5.06. The predicted molar refractivity (Wildman–Crippen MR) is 89.5 cm³/mol. The van der Waals surface area contributed by atoms with Crippen LogP contribution < -0.4 is 16.0 Å². The molecule has 0 unspecified atom stereocenters. The molecular weight excluding hydrogens is 294 g/mol. The maximum atomic E-state index is 12.3. The van der Waals surface area contributed by atoms with E-state index in [1.807, 2.05) is 6.92 Å². The molecule has 0 aliphatic heterocycles. The van der Waals surface area contributed by atoms with Crippen LogP contribution in [0.15, 0.2) is 36.7 Å². The summed E-state index contributed by atoms with van der Waals surface area (Å²) in [5.74, 6) is 0.0989. The van der Waals surface area contributed by atoms with Crippen LogP contribution in [-0.2, 0) is 4.79 Å². The molecule has 0 aliphatic carbocycles. The highest BCUT2D eigenvalue weighted by atomic mass is 16.2. The summed E-state index contributed by atoms with van der Waals surface area (Å²) in [5, 5.41) is 8.52. The van der Waals surface area contributed by atoms with Gasteiger partial charge in [0.2, 0.25) is 5.91 Å². The third-order valence-electron chi connectivity index (χ3n) is 2.90. The van der Waals surface area contributed by atoms with Crippen LogP contribution in [0.2, 0.25) is 0 Å². The third-order valence-corrected chi connectivity index (χ3v) is 2.90. The largest absolute Gasteiger partial charge is 0.370 e. The van der Waals surface area contributed by atoms with Crippen molar-refractivity contribution in [3.8, 4) is 0 Å². The Kier molecular flexibility index (Phi) is 5.62. The molecule has 2 rings (SSSR count). The van der Waals surface area contributed by atoms with Gasteiger partial charge < -0.3 is 16.0 Å². The maximum Gasteiger partial charge on any atom is 0.274 e. The Morgan fingerprint density at radius 1 is 1.09 bits per heavy atom. The molecule has 2 amide bonds. The predicted octanol–water partition coefficient (Wildman–Crippen LogP) is 2.51. The molecule has 1 heterocycles. The van der Waals surface area contributed by atoms with Gasteiger partial charge in [0.25, 0.3) is 5.91 Å². The van der Waals surface area contributed by atoms with Crippen molar-refractivity contribution in [3.05, 3.63) is 42.4 Å². The molecule has 7 heteroatoms. The number of aromatic nitrogens is 2. The lowest BCUT2D eigenvalue weighted by atomic mass is 10.2. The van der Waals surface area contributed by atoms with Crippen molar-refractivity contribution in [1.29, 1.82) is 0 Å². The van der Waals surface area contributed by atoms with Crippen LogP contribution in [0.5, 0.6) is 0 Å². The molecule has 1 aromatic carbocycles. The van der Waals surface area contributed by atoms with Gasteiger partial charge in [-0.05, 0) is 24.6 Å². The number of nitrogens with zero attached hydrogens (tertiary/aromatic N) is 2. The van der Waals surface area contributed by atoms with Crippen molar-refractivity contribution >= 4 is 29.0 Å². The number of amides is 2. The van der Waals surface area contributed by atoms with Gasteiger partial charge in [-0.3, -0.25) is 9.59 Å². The fourth-order valence-corrected chi connectivity index (χ4v) is 1.90. The number of nitrogens with one attached hydrogen (secondary N) is 3. The van der Waals surface area contributed by atoms with Gasteiger partial charge in [0.15, 0.2) is 0 Å². The molecule has 120 valence electrons. The van der Waals surface area contributed by atoms with Gasteiger partial charge >= 0.3 is 0 Å². The van der Waals surface area contributed by atoms with E-state index < -0.39 is 0 Å². The fourth-order valence-electron chi connectivity index (χ4n) is 1.90. The number of hydrogen-bond donors (Lipinski definition) is 3. The van der Waals surface area contributed by atoms with Gasteiger partial charge in [0.1, 0.15) is 17.8 Å². The molecule has 0 radical (unpaired) electrons. The first-order valence-corrected chi connectivity index (χ1v) is 7.33. The summed E-state index contributed by atoms with van der Waals surface area (Å²) in [7, 11) is 0. The van der Waals surface area contributed by atoms with Crippen LogP contribution in [0.3, 0.4) is 0 Å². The molecule has 0 saturated carbocycles. The SMILES string of the molecule is CCCNc1cc(C(=O)Nc2cccc(NC(C)=O)c2)ncn1. The Hall–Kier alpha value is -2.96. The number of benzene rings is 1. The molecule has 0 bridgehead atoms. The van der Waals surface area contributed by atoms with Gasteiger partial charge in [0, 0.05) is 30.9 Å². The molecule has 0 saturated heterocycles. The summed E-state index contributed by atoms with van der Waals surface area (Å²) < 4.78 is 0. The standard InChI is InChI=1S/C16H19N5O2/c1-3-7-17-15-9-14(18-10-19-15)16(23)21-13-6-4-5-12(8-13)20-11(2)22/h4-6,8-10H,3,7H2,1-2H3,(H,20,22)(H,21,23)(H,17,18,19). The smallest absolute Gasteiger partial charge is 0.274 e. The lowest BCUT2D eigenvalue weighted by Gasteiger charge is -2.08. The van der Waals surface area contributed by atoms with Gasteiger partial charge in [0.05, 0.1) is 0 Å². The number of carbonyl (C=O) groups is 2. The minimum Gasteiger partial charge on any atom is -0.370 e. The second-order valence-corrected chi connectivity index (χ2v) is 4.93. The summed E-state index contributed by atoms with van der Waals surface area (Å²) in [6.45, 7) is 4.25. The minimum absolute atomic E-state index is 0.170. The second kappa shape index (κ2) is 7.88. The quantitative estimate of drug-likeness (QED) is 0.761. The van der Waals surface area contributed by atoms with Crippen LogP contribution in [0.4, 0.5) is 17.2 Å². The van der Waals surface area contributed by atoms with E-state index in [0.717, 1.165) is 13.0 Å². The summed E-state index contributed by atoms with van der Waals surface area (Å²) in [5.41, 5.74) is 1.45. The first kappa shape index (κ1) is 16.4. The number of rotatable bonds is 6. The highest BCUT2D eigenvalue weighted by Gasteiger charge is 2.09. The molecular formula is C16H19N5O2. The summed E-state index contributed by atoms with van der Waals surface area (Å²) in [6, 6.07) is 8.50. The summed E-state index contributed by atoms with van der Waals surface area (Å²) in [4.78, 5) is 31.4. The Morgan fingerprint density at radius 3 is 2.52 bits per heavy atom. The zero-order chi connectivity index (χ0) is 16.7. The average Bonchev–Trinajstić information content (AvgIpc) is 2.53. The molecule has 0 atom stereocenters. The van der Waals surface area contributed by atoms with Crippen LogP contribution in [0.25, 0.3) is 0 Å². The second-order valence-electron chi connectivity index (χ2n) is 4.93. The van der Waals surface area contributed by atoms with Crippen molar-refractivity contribution in [2.24, 2.45) is 0 Å². The van der Waals surface area contributed by atoms with Crippen LogP contribution in [-0.4, -0.2) is 28.3 Å². The van der Waals surface area contributed by atoms with E-state index in [2.05, 4.69) is 25.9 Å². The summed E-state index contributed by atoms with van der Waals surface area (Å²) in [6.07, 6.45) is 2.31. The van der Waals surface area contributed by atoms with E-state index in [-0.39, 0.29) is 17.5 Å². The first-order valence-electron chi connectivity index (χ1n) is 7.33. The van der Waals surface area contributed by atoms with Crippen molar-refractivity contribution in [2.45, 2.75) is 20.3 Å². The van der Waals surface area contributed by atoms with Crippen LogP contribution >= 0.6 is 0 Å². The number of hydrogen-bond acceptors (Lipinski definition) is 5. The van der Waals surface area contributed by atoms with Crippen molar-refractivity contribution in [2.75, 3.05) is 22.5 Å². The number of anilines is 3. The van der Waals surface area contributed by atoms with E-state index >= 15 is 0 Å². The molecule has 0 spiro atoms. The van der Waals surface area contributed by atoms with E-state index in [9.17, 15) is 9.59 Å². The zero-order valence-electron chi connectivity index (χ0n) is 13.1.